The molecule has 4 nitrogen and oxygen atoms in total. The predicted molar refractivity (Wildman–Crippen MR) is 38.6 cm³/mol. The maximum absolute atomic E-state index is 10.0. The van der Waals surface area contributed by atoms with E-state index >= 15 is 0 Å². The Hall–Kier alpha value is -1.58. The Labute approximate surface area is 58.4 Å². The number of nitrogens with zero attached hydrogens (tertiary/aromatic N) is 1. The largest absolute Gasteiger partial charge is 0.477 e. The van der Waals surface area contributed by atoms with Crippen molar-refractivity contribution < 1.29 is 9.90 Å². The third kappa shape index (κ3) is 3.43. The lowest BCUT2D eigenvalue weighted by atomic mass is 10.4. The van der Waals surface area contributed by atoms with E-state index in [-0.39, 0.29) is 5.70 Å². The zero-order valence-corrected chi connectivity index (χ0v) is 5.32. The first-order valence-corrected chi connectivity index (χ1v) is 2.51. The molecule has 0 saturated carbocycles. The van der Waals surface area contributed by atoms with Crippen molar-refractivity contribution in [2.45, 2.75) is 0 Å². The van der Waals surface area contributed by atoms with E-state index in [4.69, 9.17) is 10.8 Å². The summed E-state index contributed by atoms with van der Waals surface area (Å²) in [5, 5.41) is 8.20. The lowest BCUT2D eigenvalue weighted by Crippen LogP contribution is -2.09. The Morgan fingerprint density at radius 3 is 2.70 bits per heavy atom. The van der Waals surface area contributed by atoms with Crippen LogP contribution in [0.15, 0.2) is 29.5 Å². The van der Waals surface area contributed by atoms with Crippen LogP contribution in [0.4, 0.5) is 0 Å². The summed E-state index contributed by atoms with van der Waals surface area (Å²) < 4.78 is 0. The average Bonchev–Trinajstić information content (AvgIpc) is 1.88. The molecule has 0 aromatic carbocycles. The molecule has 3 N–H and O–H groups in total. The Balaban J connectivity index is 4.04. The molecule has 0 fully saturated rings. The fourth-order valence-electron chi connectivity index (χ4n) is 0.255. The molecule has 0 rings (SSSR count). The number of hydrogen-bond donors (Lipinski definition) is 2. The number of allylic oxidation sites excluding steroid dienone is 1. The highest BCUT2D eigenvalue weighted by atomic mass is 16.4. The molecule has 0 heterocycles. The molecule has 0 radical (unpaired) electrons. The van der Waals surface area contributed by atoms with Crippen LogP contribution < -0.4 is 5.73 Å². The van der Waals surface area contributed by atoms with Crippen molar-refractivity contribution >= 4 is 12.2 Å². The molecule has 10 heavy (non-hydrogen) atoms. The normalized spacial score (nSPS) is 11.8. The number of nitrogens with two attached hydrogens (primary N) is 1. The molecule has 0 unspecified atom stereocenters. The van der Waals surface area contributed by atoms with Crippen molar-refractivity contribution in [1.29, 1.82) is 0 Å². The van der Waals surface area contributed by atoms with Gasteiger partial charge in [0, 0.05) is 12.4 Å². The lowest BCUT2D eigenvalue weighted by molar-refractivity contribution is -0.132. The molecule has 0 saturated heterocycles. The maximum atomic E-state index is 10.0. The number of rotatable bonds is 3. The van der Waals surface area contributed by atoms with Crippen LogP contribution in [-0.2, 0) is 4.79 Å². The first kappa shape index (κ1) is 8.42. The molecule has 0 aliphatic heterocycles. The second-order valence-corrected chi connectivity index (χ2v) is 1.41. The summed E-state index contributed by atoms with van der Waals surface area (Å²) in [6.07, 6.45) is 3.73. The van der Waals surface area contributed by atoms with Crippen molar-refractivity contribution in [3.05, 3.63) is 24.6 Å². The zero-order chi connectivity index (χ0) is 7.98. The third-order valence-corrected chi connectivity index (χ3v) is 0.693. The summed E-state index contributed by atoms with van der Waals surface area (Å²) in [5.74, 6) is -1.16. The van der Waals surface area contributed by atoms with Gasteiger partial charge in [0.15, 0.2) is 0 Å². The zero-order valence-electron chi connectivity index (χ0n) is 5.32. The van der Waals surface area contributed by atoms with Gasteiger partial charge in [-0.05, 0) is 6.08 Å². The molecule has 0 aliphatic rings. The molecular weight excluding hydrogens is 132 g/mol. The van der Waals surface area contributed by atoms with E-state index in [1.165, 1.54) is 18.5 Å². The first-order chi connectivity index (χ1) is 4.68. The van der Waals surface area contributed by atoms with Crippen LogP contribution >= 0.6 is 0 Å². The van der Waals surface area contributed by atoms with Gasteiger partial charge < -0.3 is 10.8 Å². The van der Waals surface area contributed by atoms with Crippen LogP contribution in [0.25, 0.3) is 0 Å². The minimum Gasteiger partial charge on any atom is -0.477 e. The van der Waals surface area contributed by atoms with Gasteiger partial charge in [0.1, 0.15) is 5.70 Å². The standard InChI is InChI=1S/C6H8N2O2/c1-2-8-4-3-5(7)6(9)10/h2-4H,1,7H2,(H,9,10)/b5-3-,8-4-. The Kier molecular flexibility index (Phi) is 3.63. The van der Waals surface area contributed by atoms with Gasteiger partial charge in [-0.3, -0.25) is 4.99 Å². The molecule has 0 bridgehead atoms. The SMILES string of the molecule is C=C/N=C\C=C(/N)C(=O)O. The molecular formula is C6H8N2O2. The van der Waals surface area contributed by atoms with Gasteiger partial charge in [0.2, 0.25) is 0 Å². The molecule has 0 aromatic rings. The highest BCUT2D eigenvalue weighted by molar-refractivity contribution is 5.91. The summed E-state index contributed by atoms with van der Waals surface area (Å²) in [4.78, 5) is 13.5. The van der Waals surface area contributed by atoms with Gasteiger partial charge in [-0.15, -0.1) is 0 Å². The predicted octanol–water partition coefficient (Wildman–Crippen LogP) is 0.128. The van der Waals surface area contributed by atoms with E-state index < -0.39 is 5.97 Å². The van der Waals surface area contributed by atoms with Crippen LogP contribution in [0.2, 0.25) is 0 Å². The average molecular weight is 140 g/mol. The second-order valence-electron chi connectivity index (χ2n) is 1.41. The van der Waals surface area contributed by atoms with Crippen molar-refractivity contribution in [2.75, 3.05) is 0 Å². The number of carboxylic acid groups (broad SMARTS) is 1. The Morgan fingerprint density at radius 2 is 2.30 bits per heavy atom. The quantitative estimate of drug-likeness (QED) is 0.432. The monoisotopic (exact) mass is 140 g/mol. The first-order valence-electron chi connectivity index (χ1n) is 2.51. The highest BCUT2D eigenvalue weighted by Gasteiger charge is 1.96. The number of aliphatic imine (C=N–C) groups is 1. The van der Waals surface area contributed by atoms with Crippen LogP contribution in [0, 0.1) is 0 Å². The van der Waals surface area contributed by atoms with Gasteiger partial charge in [-0.1, -0.05) is 6.58 Å². The van der Waals surface area contributed by atoms with Gasteiger partial charge in [0.25, 0.3) is 0 Å². The van der Waals surface area contributed by atoms with Crippen molar-refractivity contribution in [3.8, 4) is 0 Å². The van der Waals surface area contributed by atoms with E-state index in [2.05, 4.69) is 11.6 Å². The van der Waals surface area contributed by atoms with Crippen LogP contribution in [-0.4, -0.2) is 17.3 Å². The van der Waals surface area contributed by atoms with Crippen molar-refractivity contribution in [2.24, 2.45) is 10.7 Å². The van der Waals surface area contributed by atoms with Crippen LogP contribution in [0.3, 0.4) is 0 Å². The fraction of sp³-hybridized carbons (Fsp3) is 0. The minimum atomic E-state index is -1.16. The number of carbonyl (C=O) groups is 1. The number of aliphatic carboxylic acids is 1. The molecule has 0 aromatic heterocycles. The molecule has 54 valence electrons. The summed E-state index contributed by atoms with van der Waals surface area (Å²) in [5.41, 5.74) is 4.75. The highest BCUT2D eigenvalue weighted by Crippen LogP contribution is 1.79. The second kappa shape index (κ2) is 4.31. The molecule has 0 amide bonds. The van der Waals surface area contributed by atoms with Gasteiger partial charge in [-0.25, -0.2) is 4.79 Å². The summed E-state index contributed by atoms with van der Waals surface area (Å²) in [6, 6.07) is 0. The Morgan fingerprint density at radius 1 is 1.70 bits per heavy atom. The molecule has 0 aliphatic carbocycles. The summed E-state index contributed by atoms with van der Waals surface area (Å²) in [7, 11) is 0. The summed E-state index contributed by atoms with van der Waals surface area (Å²) in [6.45, 7) is 3.29. The molecule has 4 heteroatoms. The summed E-state index contributed by atoms with van der Waals surface area (Å²) >= 11 is 0. The van der Waals surface area contributed by atoms with E-state index in [9.17, 15) is 4.79 Å². The van der Waals surface area contributed by atoms with E-state index in [1.54, 1.807) is 0 Å². The topological polar surface area (TPSA) is 75.7 Å². The van der Waals surface area contributed by atoms with Crippen LogP contribution in [0.5, 0.6) is 0 Å². The van der Waals surface area contributed by atoms with Crippen molar-refractivity contribution in [1.82, 2.24) is 0 Å². The number of hydrogen-bond acceptors (Lipinski definition) is 3. The smallest absolute Gasteiger partial charge is 0.351 e. The maximum Gasteiger partial charge on any atom is 0.351 e. The van der Waals surface area contributed by atoms with Crippen molar-refractivity contribution in [3.63, 3.8) is 0 Å². The molecule has 0 spiro atoms. The van der Waals surface area contributed by atoms with Gasteiger partial charge >= 0.3 is 5.97 Å². The van der Waals surface area contributed by atoms with E-state index in [1.807, 2.05) is 0 Å². The van der Waals surface area contributed by atoms with Gasteiger partial charge in [0.05, 0.1) is 0 Å². The fourth-order valence-corrected chi connectivity index (χ4v) is 0.255. The van der Waals surface area contributed by atoms with E-state index in [0.717, 1.165) is 0 Å². The Bertz CT molecular complexity index is 194. The third-order valence-electron chi connectivity index (χ3n) is 0.693. The van der Waals surface area contributed by atoms with Crippen LogP contribution in [0.1, 0.15) is 0 Å². The van der Waals surface area contributed by atoms with Gasteiger partial charge in [-0.2, -0.15) is 0 Å². The lowest BCUT2D eigenvalue weighted by Gasteiger charge is -1.86. The van der Waals surface area contributed by atoms with E-state index in [0.29, 0.717) is 0 Å². The number of carboxylic acids is 1. The molecule has 0 atom stereocenters. The minimum absolute atomic E-state index is 0.245.